The molecule has 3 N–H and O–H groups in total. The molecule has 1 saturated heterocycles. The predicted molar refractivity (Wildman–Crippen MR) is 92.5 cm³/mol. The van der Waals surface area contributed by atoms with E-state index < -0.39 is 0 Å². The molecule has 1 amide bonds. The monoisotopic (exact) mass is 347 g/mol. The van der Waals surface area contributed by atoms with Gasteiger partial charge in [0, 0.05) is 36.5 Å². The van der Waals surface area contributed by atoms with Crippen molar-refractivity contribution in [3.05, 3.63) is 41.3 Å². The standard InChI is InChI=1S/C16H18ClN5O2/c1-24-13-3-2-10(17)8-12(13)22-7-4-11(9-22)21-16(23)14-15(18)20-6-5-19-14/h2-3,5-6,8,11H,4,7,9H2,1H3,(H2,18,20)(H,21,23)/t11-/m1/s1. The number of methoxy groups -OCH3 is 1. The Kier molecular flexibility index (Phi) is 4.71. The molecule has 0 bridgehead atoms. The van der Waals surface area contributed by atoms with Gasteiger partial charge in [0.1, 0.15) is 5.75 Å². The third-order valence-electron chi connectivity index (χ3n) is 3.95. The molecule has 1 fully saturated rings. The fraction of sp³-hybridized carbons (Fsp3) is 0.312. The second kappa shape index (κ2) is 6.92. The molecule has 3 rings (SSSR count). The van der Waals surface area contributed by atoms with Gasteiger partial charge in [0.25, 0.3) is 5.91 Å². The van der Waals surface area contributed by atoms with Crippen LogP contribution in [0, 0.1) is 0 Å². The summed E-state index contributed by atoms with van der Waals surface area (Å²) in [6, 6.07) is 5.48. The van der Waals surface area contributed by atoms with Crippen LogP contribution in [0.15, 0.2) is 30.6 Å². The number of ether oxygens (including phenoxy) is 1. The zero-order valence-electron chi connectivity index (χ0n) is 13.2. The number of nitrogens with zero attached hydrogens (tertiary/aromatic N) is 3. The maximum atomic E-state index is 12.3. The van der Waals surface area contributed by atoms with E-state index in [9.17, 15) is 4.79 Å². The number of nitrogens with one attached hydrogen (secondary N) is 1. The largest absolute Gasteiger partial charge is 0.495 e. The molecule has 1 aromatic heterocycles. The summed E-state index contributed by atoms with van der Waals surface area (Å²) < 4.78 is 5.39. The smallest absolute Gasteiger partial charge is 0.273 e. The van der Waals surface area contributed by atoms with Crippen molar-refractivity contribution in [1.29, 1.82) is 0 Å². The summed E-state index contributed by atoms with van der Waals surface area (Å²) in [6.45, 7) is 1.44. The van der Waals surface area contributed by atoms with E-state index in [1.54, 1.807) is 13.2 Å². The Morgan fingerprint density at radius 3 is 2.96 bits per heavy atom. The van der Waals surface area contributed by atoms with Crippen molar-refractivity contribution in [2.75, 3.05) is 30.8 Å². The number of carbonyl (C=O) groups excluding carboxylic acids is 1. The number of aromatic nitrogens is 2. The van der Waals surface area contributed by atoms with Crippen LogP contribution < -0.4 is 20.7 Å². The van der Waals surface area contributed by atoms with Crippen LogP contribution >= 0.6 is 11.6 Å². The van der Waals surface area contributed by atoms with Crippen molar-refractivity contribution in [2.45, 2.75) is 12.5 Å². The first kappa shape index (κ1) is 16.3. The highest BCUT2D eigenvalue weighted by Crippen LogP contribution is 2.33. The highest BCUT2D eigenvalue weighted by Gasteiger charge is 2.27. The molecular weight excluding hydrogens is 330 g/mol. The number of anilines is 2. The topological polar surface area (TPSA) is 93.4 Å². The van der Waals surface area contributed by atoms with Gasteiger partial charge in [0.15, 0.2) is 11.5 Å². The Morgan fingerprint density at radius 1 is 1.42 bits per heavy atom. The van der Waals surface area contributed by atoms with Crippen molar-refractivity contribution in [3.8, 4) is 5.75 Å². The number of carbonyl (C=O) groups is 1. The van der Waals surface area contributed by atoms with Crippen LogP contribution in [0.25, 0.3) is 0 Å². The number of nitrogens with two attached hydrogens (primary N) is 1. The summed E-state index contributed by atoms with van der Waals surface area (Å²) in [5, 5.41) is 3.60. The Bertz CT molecular complexity index is 755. The lowest BCUT2D eigenvalue weighted by atomic mass is 10.2. The lowest BCUT2D eigenvalue weighted by molar-refractivity contribution is 0.0936. The molecule has 1 aromatic carbocycles. The minimum absolute atomic E-state index is 0.0115. The number of hydrogen-bond acceptors (Lipinski definition) is 6. The Morgan fingerprint density at radius 2 is 2.21 bits per heavy atom. The minimum atomic E-state index is -0.314. The van der Waals surface area contributed by atoms with Gasteiger partial charge in [-0.25, -0.2) is 9.97 Å². The van der Waals surface area contributed by atoms with E-state index in [1.165, 1.54) is 12.4 Å². The molecule has 0 unspecified atom stereocenters. The highest BCUT2D eigenvalue weighted by atomic mass is 35.5. The van der Waals surface area contributed by atoms with Crippen molar-refractivity contribution in [2.24, 2.45) is 0 Å². The average Bonchev–Trinajstić information content (AvgIpc) is 3.03. The number of rotatable bonds is 4. The first-order valence-corrected chi connectivity index (χ1v) is 7.92. The molecule has 24 heavy (non-hydrogen) atoms. The van der Waals surface area contributed by atoms with Gasteiger partial charge in [-0.3, -0.25) is 4.79 Å². The van der Waals surface area contributed by atoms with Crippen molar-refractivity contribution >= 4 is 29.0 Å². The predicted octanol–water partition coefficient (Wildman–Crippen LogP) is 1.73. The van der Waals surface area contributed by atoms with Crippen LogP contribution in [0.1, 0.15) is 16.9 Å². The summed E-state index contributed by atoms with van der Waals surface area (Å²) in [6.07, 6.45) is 3.71. The number of halogens is 1. The van der Waals surface area contributed by atoms with Gasteiger partial charge in [-0.1, -0.05) is 11.6 Å². The maximum Gasteiger partial charge on any atom is 0.273 e. The molecule has 1 aliphatic rings. The van der Waals surface area contributed by atoms with E-state index >= 15 is 0 Å². The van der Waals surface area contributed by atoms with Crippen LogP contribution in [0.3, 0.4) is 0 Å². The number of hydrogen-bond donors (Lipinski definition) is 2. The zero-order valence-corrected chi connectivity index (χ0v) is 14.0. The highest BCUT2D eigenvalue weighted by molar-refractivity contribution is 6.30. The molecule has 126 valence electrons. The van der Waals surface area contributed by atoms with Crippen molar-refractivity contribution in [1.82, 2.24) is 15.3 Å². The molecule has 1 aliphatic heterocycles. The summed E-state index contributed by atoms with van der Waals surface area (Å²) >= 11 is 6.09. The second-order valence-electron chi connectivity index (χ2n) is 5.51. The fourth-order valence-electron chi connectivity index (χ4n) is 2.78. The molecule has 0 spiro atoms. The van der Waals surface area contributed by atoms with Crippen LogP contribution in [0.2, 0.25) is 5.02 Å². The number of nitrogen functional groups attached to an aromatic ring is 1. The number of benzene rings is 1. The first-order chi connectivity index (χ1) is 11.6. The van der Waals surface area contributed by atoms with Gasteiger partial charge in [-0.05, 0) is 24.6 Å². The fourth-order valence-corrected chi connectivity index (χ4v) is 2.95. The van der Waals surface area contributed by atoms with Crippen LogP contribution in [-0.4, -0.2) is 42.1 Å². The Balaban J connectivity index is 1.69. The van der Waals surface area contributed by atoms with Gasteiger partial charge in [0.05, 0.1) is 12.8 Å². The molecule has 0 aliphatic carbocycles. The van der Waals surface area contributed by atoms with E-state index in [4.69, 9.17) is 22.1 Å². The van der Waals surface area contributed by atoms with E-state index in [0.717, 1.165) is 24.4 Å². The van der Waals surface area contributed by atoms with Crippen LogP contribution in [0.5, 0.6) is 5.75 Å². The van der Waals surface area contributed by atoms with Gasteiger partial charge in [-0.2, -0.15) is 0 Å². The average molecular weight is 348 g/mol. The summed E-state index contributed by atoms with van der Waals surface area (Å²) in [7, 11) is 1.62. The molecule has 2 aromatic rings. The normalized spacial score (nSPS) is 16.9. The first-order valence-electron chi connectivity index (χ1n) is 7.54. The van der Waals surface area contributed by atoms with Crippen LogP contribution in [0.4, 0.5) is 11.5 Å². The van der Waals surface area contributed by atoms with E-state index in [0.29, 0.717) is 11.6 Å². The summed E-state index contributed by atoms with van der Waals surface area (Å²) in [5.41, 5.74) is 6.76. The molecule has 7 nitrogen and oxygen atoms in total. The second-order valence-corrected chi connectivity index (χ2v) is 5.95. The van der Waals surface area contributed by atoms with E-state index in [1.807, 2.05) is 12.1 Å². The zero-order chi connectivity index (χ0) is 17.1. The lowest BCUT2D eigenvalue weighted by Crippen LogP contribution is -2.38. The third kappa shape index (κ3) is 3.35. The third-order valence-corrected chi connectivity index (χ3v) is 4.18. The van der Waals surface area contributed by atoms with Gasteiger partial charge in [-0.15, -0.1) is 0 Å². The van der Waals surface area contributed by atoms with E-state index in [-0.39, 0.29) is 23.5 Å². The van der Waals surface area contributed by atoms with Crippen LogP contribution in [-0.2, 0) is 0 Å². The lowest BCUT2D eigenvalue weighted by Gasteiger charge is -2.21. The molecule has 8 heteroatoms. The molecule has 0 radical (unpaired) electrons. The minimum Gasteiger partial charge on any atom is -0.495 e. The van der Waals surface area contributed by atoms with Crippen molar-refractivity contribution < 1.29 is 9.53 Å². The maximum absolute atomic E-state index is 12.3. The van der Waals surface area contributed by atoms with Gasteiger partial charge < -0.3 is 20.7 Å². The summed E-state index contributed by atoms with van der Waals surface area (Å²) in [4.78, 5) is 22.3. The molecule has 0 saturated carbocycles. The van der Waals surface area contributed by atoms with E-state index in [2.05, 4.69) is 20.2 Å². The van der Waals surface area contributed by atoms with Gasteiger partial charge >= 0.3 is 0 Å². The number of amides is 1. The van der Waals surface area contributed by atoms with Gasteiger partial charge in [0.2, 0.25) is 0 Å². The molecule has 2 heterocycles. The molecule has 1 atom stereocenters. The quantitative estimate of drug-likeness (QED) is 0.874. The Hall–Kier alpha value is -2.54. The van der Waals surface area contributed by atoms with Crippen molar-refractivity contribution in [3.63, 3.8) is 0 Å². The summed E-state index contributed by atoms with van der Waals surface area (Å²) in [5.74, 6) is 0.566. The molecular formula is C16H18ClN5O2. The SMILES string of the molecule is COc1ccc(Cl)cc1N1CC[C@@H](NC(=O)c2nccnc2N)C1. The Labute approximate surface area is 144 Å².